The Bertz CT molecular complexity index is 402. The molecule has 0 saturated heterocycles. The summed E-state index contributed by atoms with van der Waals surface area (Å²) in [5, 5.41) is 3.11. The molecule has 0 aliphatic heterocycles. The van der Waals surface area contributed by atoms with Gasteiger partial charge in [-0.3, -0.25) is 0 Å². The fourth-order valence-electron chi connectivity index (χ4n) is 1.80. The number of methoxy groups -OCH3 is 3. The Morgan fingerprint density at radius 2 is 1.67 bits per heavy atom. The molecule has 0 aromatic heterocycles. The Balaban J connectivity index is 3.19. The van der Waals surface area contributed by atoms with Gasteiger partial charge in [0, 0.05) is 6.54 Å². The highest BCUT2D eigenvalue weighted by atomic mass is 16.5. The van der Waals surface area contributed by atoms with E-state index in [9.17, 15) is 0 Å². The molecule has 100 valence electrons. The highest BCUT2D eigenvalue weighted by Crippen LogP contribution is 2.38. The number of rotatable bonds is 6. The van der Waals surface area contributed by atoms with Crippen LogP contribution in [0.1, 0.15) is 12.5 Å². The molecule has 0 unspecified atom stereocenters. The lowest BCUT2D eigenvalue weighted by atomic mass is 10.1. The van der Waals surface area contributed by atoms with Crippen LogP contribution >= 0.6 is 0 Å². The highest BCUT2D eigenvalue weighted by Gasteiger charge is 2.12. The predicted octanol–water partition coefficient (Wildman–Crippen LogP) is 2.34. The van der Waals surface area contributed by atoms with Crippen molar-refractivity contribution >= 4 is 6.08 Å². The van der Waals surface area contributed by atoms with Gasteiger partial charge in [-0.05, 0) is 31.7 Å². The van der Waals surface area contributed by atoms with Crippen LogP contribution in [0.3, 0.4) is 0 Å². The molecule has 4 nitrogen and oxygen atoms in total. The molecular formula is C14H21NO3. The van der Waals surface area contributed by atoms with Gasteiger partial charge in [-0.2, -0.15) is 0 Å². The van der Waals surface area contributed by atoms with Crippen LogP contribution in [0, 0.1) is 0 Å². The molecule has 0 aliphatic rings. The van der Waals surface area contributed by atoms with Crippen LogP contribution in [0.5, 0.6) is 17.2 Å². The predicted molar refractivity (Wildman–Crippen MR) is 73.7 cm³/mol. The third-order valence-electron chi connectivity index (χ3n) is 2.56. The molecule has 1 rings (SSSR count). The van der Waals surface area contributed by atoms with Crippen LogP contribution < -0.4 is 19.5 Å². The molecular weight excluding hydrogens is 230 g/mol. The van der Waals surface area contributed by atoms with E-state index >= 15 is 0 Å². The Morgan fingerprint density at radius 3 is 2.06 bits per heavy atom. The second-order valence-electron chi connectivity index (χ2n) is 3.98. The second kappa shape index (κ2) is 6.91. The molecule has 18 heavy (non-hydrogen) atoms. The van der Waals surface area contributed by atoms with Gasteiger partial charge in [0.2, 0.25) is 5.75 Å². The average molecular weight is 251 g/mol. The largest absolute Gasteiger partial charge is 0.493 e. The quantitative estimate of drug-likeness (QED) is 0.842. The van der Waals surface area contributed by atoms with E-state index < -0.39 is 0 Å². The number of ether oxygens (including phenoxy) is 3. The first kappa shape index (κ1) is 14.4. The Hall–Kier alpha value is -1.68. The van der Waals surface area contributed by atoms with Crippen LogP contribution in [0.15, 0.2) is 17.7 Å². The fourth-order valence-corrected chi connectivity index (χ4v) is 1.80. The van der Waals surface area contributed by atoms with Crippen molar-refractivity contribution in [1.29, 1.82) is 0 Å². The van der Waals surface area contributed by atoms with E-state index in [1.165, 1.54) is 5.57 Å². The van der Waals surface area contributed by atoms with Gasteiger partial charge in [0.25, 0.3) is 0 Å². The van der Waals surface area contributed by atoms with Crippen molar-refractivity contribution in [2.75, 3.05) is 34.9 Å². The topological polar surface area (TPSA) is 39.7 Å². The van der Waals surface area contributed by atoms with Crippen LogP contribution in [0.4, 0.5) is 0 Å². The molecule has 0 heterocycles. The smallest absolute Gasteiger partial charge is 0.203 e. The first-order valence-corrected chi connectivity index (χ1v) is 5.78. The molecule has 0 spiro atoms. The second-order valence-corrected chi connectivity index (χ2v) is 3.98. The number of likely N-dealkylation sites (N-methyl/N-ethyl adjacent to an activating group) is 1. The number of benzene rings is 1. The zero-order valence-corrected chi connectivity index (χ0v) is 11.7. The summed E-state index contributed by atoms with van der Waals surface area (Å²) in [6.07, 6.45) is 2.08. The summed E-state index contributed by atoms with van der Waals surface area (Å²) >= 11 is 0. The van der Waals surface area contributed by atoms with Crippen molar-refractivity contribution in [1.82, 2.24) is 5.32 Å². The van der Waals surface area contributed by atoms with Crippen molar-refractivity contribution in [3.05, 3.63) is 23.3 Å². The zero-order valence-electron chi connectivity index (χ0n) is 11.7. The van der Waals surface area contributed by atoms with E-state index in [2.05, 4.69) is 18.3 Å². The molecule has 1 aromatic carbocycles. The molecule has 0 radical (unpaired) electrons. The van der Waals surface area contributed by atoms with Gasteiger partial charge >= 0.3 is 0 Å². The first-order chi connectivity index (χ1) is 8.65. The summed E-state index contributed by atoms with van der Waals surface area (Å²) in [6.45, 7) is 2.91. The van der Waals surface area contributed by atoms with E-state index in [4.69, 9.17) is 14.2 Å². The normalized spacial score (nSPS) is 11.3. The van der Waals surface area contributed by atoms with Gasteiger partial charge in [-0.1, -0.05) is 11.6 Å². The monoisotopic (exact) mass is 251 g/mol. The lowest BCUT2D eigenvalue weighted by Gasteiger charge is -2.13. The molecule has 4 heteroatoms. The van der Waals surface area contributed by atoms with Crippen LogP contribution in [-0.4, -0.2) is 34.9 Å². The van der Waals surface area contributed by atoms with Crippen molar-refractivity contribution in [2.24, 2.45) is 0 Å². The van der Waals surface area contributed by atoms with E-state index in [1.54, 1.807) is 21.3 Å². The lowest BCUT2D eigenvalue weighted by Crippen LogP contribution is -2.08. The lowest BCUT2D eigenvalue weighted by molar-refractivity contribution is 0.324. The van der Waals surface area contributed by atoms with Gasteiger partial charge in [0.05, 0.1) is 21.3 Å². The third-order valence-corrected chi connectivity index (χ3v) is 2.56. The summed E-state index contributed by atoms with van der Waals surface area (Å²) in [5.74, 6) is 1.95. The maximum Gasteiger partial charge on any atom is 0.203 e. The SMILES string of the molecule is CNCC(C)=Cc1cc(OC)c(OC)c(OC)c1. The van der Waals surface area contributed by atoms with Gasteiger partial charge in [-0.25, -0.2) is 0 Å². The van der Waals surface area contributed by atoms with Gasteiger partial charge in [0.15, 0.2) is 11.5 Å². The number of hydrogen-bond acceptors (Lipinski definition) is 4. The average Bonchev–Trinajstić information content (AvgIpc) is 2.37. The molecule has 1 N–H and O–H groups in total. The van der Waals surface area contributed by atoms with Crippen molar-refractivity contribution in [3.8, 4) is 17.2 Å². The summed E-state index contributed by atoms with van der Waals surface area (Å²) in [6, 6.07) is 3.86. The van der Waals surface area contributed by atoms with Crippen molar-refractivity contribution in [3.63, 3.8) is 0 Å². The Morgan fingerprint density at radius 1 is 1.11 bits per heavy atom. The molecule has 0 fully saturated rings. The molecule has 0 saturated carbocycles. The van der Waals surface area contributed by atoms with E-state index in [1.807, 2.05) is 19.2 Å². The van der Waals surface area contributed by atoms with Crippen LogP contribution in [-0.2, 0) is 0 Å². The maximum atomic E-state index is 5.31. The number of nitrogens with one attached hydrogen (secondary N) is 1. The molecule has 0 aliphatic carbocycles. The molecule has 1 aromatic rings. The zero-order chi connectivity index (χ0) is 13.5. The summed E-state index contributed by atoms with van der Waals surface area (Å²) in [7, 11) is 6.76. The first-order valence-electron chi connectivity index (χ1n) is 5.78. The molecule has 0 amide bonds. The Labute approximate surface area is 109 Å². The third kappa shape index (κ3) is 3.40. The van der Waals surface area contributed by atoms with Crippen molar-refractivity contribution < 1.29 is 14.2 Å². The van der Waals surface area contributed by atoms with Crippen LogP contribution in [0.25, 0.3) is 6.08 Å². The molecule has 0 atom stereocenters. The van der Waals surface area contributed by atoms with Gasteiger partial charge in [0.1, 0.15) is 0 Å². The standard InChI is InChI=1S/C14H21NO3/c1-10(9-15-2)6-11-7-12(16-3)14(18-5)13(8-11)17-4/h6-8,15H,9H2,1-5H3. The van der Waals surface area contributed by atoms with Crippen LogP contribution in [0.2, 0.25) is 0 Å². The van der Waals surface area contributed by atoms with Crippen molar-refractivity contribution in [2.45, 2.75) is 6.92 Å². The van der Waals surface area contributed by atoms with Gasteiger partial charge in [-0.15, -0.1) is 0 Å². The highest BCUT2D eigenvalue weighted by molar-refractivity contribution is 5.63. The minimum Gasteiger partial charge on any atom is -0.493 e. The minimum absolute atomic E-state index is 0.614. The van der Waals surface area contributed by atoms with Gasteiger partial charge < -0.3 is 19.5 Å². The number of hydrogen-bond donors (Lipinski definition) is 1. The minimum atomic E-state index is 0.614. The molecule has 0 bridgehead atoms. The maximum absolute atomic E-state index is 5.31. The fraction of sp³-hybridized carbons (Fsp3) is 0.429. The summed E-state index contributed by atoms with van der Waals surface area (Å²) < 4.78 is 15.9. The summed E-state index contributed by atoms with van der Waals surface area (Å²) in [5.41, 5.74) is 2.25. The van der Waals surface area contributed by atoms with E-state index in [0.29, 0.717) is 17.2 Å². The van der Waals surface area contributed by atoms with E-state index in [-0.39, 0.29) is 0 Å². The van der Waals surface area contributed by atoms with E-state index in [0.717, 1.165) is 12.1 Å². The Kier molecular flexibility index (Phi) is 5.52. The summed E-state index contributed by atoms with van der Waals surface area (Å²) in [4.78, 5) is 0.